The molecule has 0 aliphatic heterocycles. The second kappa shape index (κ2) is 5.97. The fourth-order valence-electron chi connectivity index (χ4n) is 1.96. The van der Waals surface area contributed by atoms with Crippen molar-refractivity contribution in [2.45, 2.75) is 19.9 Å². The van der Waals surface area contributed by atoms with E-state index in [1.807, 2.05) is 38.1 Å². The van der Waals surface area contributed by atoms with E-state index in [1.165, 1.54) is 5.56 Å². The van der Waals surface area contributed by atoms with Crippen molar-refractivity contribution in [1.82, 2.24) is 5.32 Å². The zero-order valence-corrected chi connectivity index (χ0v) is 12.2. The van der Waals surface area contributed by atoms with Crippen LogP contribution in [0.4, 0.5) is 5.69 Å². The molecule has 0 aliphatic rings. The van der Waals surface area contributed by atoms with Gasteiger partial charge in [0.05, 0.1) is 6.04 Å². The first-order valence-corrected chi connectivity index (χ1v) is 6.77. The summed E-state index contributed by atoms with van der Waals surface area (Å²) in [6.07, 6.45) is 0. The van der Waals surface area contributed by atoms with Crippen molar-refractivity contribution in [1.29, 1.82) is 0 Å². The summed E-state index contributed by atoms with van der Waals surface area (Å²) < 4.78 is 0. The topological polar surface area (TPSA) is 55.1 Å². The number of hydrogen-bond acceptors (Lipinski definition) is 2. The molecule has 2 aromatic carbocycles. The fourth-order valence-corrected chi connectivity index (χ4v) is 2.21. The predicted octanol–water partition coefficient (Wildman–Crippen LogP) is 3.72. The lowest BCUT2D eigenvalue weighted by molar-refractivity contribution is 0.0940. The lowest BCUT2D eigenvalue weighted by Gasteiger charge is -2.15. The Morgan fingerprint density at radius 1 is 1.20 bits per heavy atom. The summed E-state index contributed by atoms with van der Waals surface area (Å²) >= 11 is 5.91. The van der Waals surface area contributed by atoms with Crippen molar-refractivity contribution in [3.8, 4) is 0 Å². The molecule has 20 heavy (non-hydrogen) atoms. The third-order valence-electron chi connectivity index (χ3n) is 3.11. The largest absolute Gasteiger partial charge is 0.399 e. The van der Waals surface area contributed by atoms with E-state index in [2.05, 4.69) is 5.32 Å². The first kappa shape index (κ1) is 14.4. The Bertz CT molecular complexity index is 603. The highest BCUT2D eigenvalue weighted by atomic mass is 35.5. The number of anilines is 1. The molecule has 0 heterocycles. The minimum atomic E-state index is -0.188. The minimum Gasteiger partial charge on any atom is -0.399 e. The van der Waals surface area contributed by atoms with Gasteiger partial charge in [0.1, 0.15) is 0 Å². The number of halogens is 1. The van der Waals surface area contributed by atoms with E-state index in [-0.39, 0.29) is 11.9 Å². The Kier molecular flexibility index (Phi) is 4.30. The van der Waals surface area contributed by atoms with Gasteiger partial charge in [-0.25, -0.2) is 0 Å². The van der Waals surface area contributed by atoms with Crippen molar-refractivity contribution in [2.75, 3.05) is 5.73 Å². The van der Waals surface area contributed by atoms with Crippen LogP contribution in [0.2, 0.25) is 5.02 Å². The summed E-state index contributed by atoms with van der Waals surface area (Å²) in [7, 11) is 0. The minimum absolute atomic E-state index is 0.0803. The van der Waals surface area contributed by atoms with Crippen LogP contribution in [0, 0.1) is 6.92 Å². The summed E-state index contributed by atoms with van der Waals surface area (Å²) in [6.45, 7) is 3.97. The number of carbonyl (C=O) groups excluding carboxylic acids is 1. The van der Waals surface area contributed by atoms with Crippen LogP contribution in [0.5, 0.6) is 0 Å². The molecule has 2 rings (SSSR count). The van der Waals surface area contributed by atoms with Gasteiger partial charge in [0.2, 0.25) is 0 Å². The molecule has 0 aliphatic carbocycles. The van der Waals surface area contributed by atoms with E-state index in [9.17, 15) is 4.79 Å². The molecule has 1 atom stereocenters. The number of benzene rings is 2. The molecule has 104 valence electrons. The molecule has 0 bridgehead atoms. The Balaban J connectivity index is 2.12. The number of nitrogen functional groups attached to an aromatic ring is 1. The maximum absolute atomic E-state index is 12.2. The monoisotopic (exact) mass is 288 g/mol. The summed E-state index contributed by atoms with van der Waals surface area (Å²) in [5.41, 5.74) is 8.88. The summed E-state index contributed by atoms with van der Waals surface area (Å²) in [5, 5.41) is 3.39. The molecular weight excluding hydrogens is 272 g/mol. The number of amides is 1. The van der Waals surface area contributed by atoms with Gasteiger partial charge < -0.3 is 11.1 Å². The summed E-state index contributed by atoms with van der Waals surface area (Å²) in [6, 6.07) is 12.8. The van der Waals surface area contributed by atoms with Crippen LogP contribution in [0.3, 0.4) is 0 Å². The number of nitrogens with one attached hydrogen (secondary N) is 1. The van der Waals surface area contributed by atoms with Gasteiger partial charge in [0, 0.05) is 16.3 Å². The van der Waals surface area contributed by atoms with Crippen LogP contribution >= 0.6 is 11.6 Å². The third kappa shape index (κ3) is 3.52. The number of rotatable bonds is 3. The van der Waals surface area contributed by atoms with E-state index in [0.717, 1.165) is 5.56 Å². The molecule has 3 nitrogen and oxygen atoms in total. The second-order valence-corrected chi connectivity index (χ2v) is 5.32. The molecule has 0 saturated heterocycles. The van der Waals surface area contributed by atoms with Gasteiger partial charge >= 0.3 is 0 Å². The second-order valence-electron chi connectivity index (χ2n) is 4.88. The van der Waals surface area contributed by atoms with E-state index in [0.29, 0.717) is 16.3 Å². The van der Waals surface area contributed by atoms with Gasteiger partial charge in [0.15, 0.2) is 0 Å². The highest BCUT2D eigenvalue weighted by Crippen LogP contribution is 2.18. The van der Waals surface area contributed by atoms with Gasteiger partial charge in [-0.1, -0.05) is 41.4 Å². The zero-order chi connectivity index (χ0) is 14.7. The van der Waals surface area contributed by atoms with Gasteiger partial charge in [0.25, 0.3) is 5.91 Å². The lowest BCUT2D eigenvalue weighted by Crippen LogP contribution is -2.26. The van der Waals surface area contributed by atoms with Gasteiger partial charge in [-0.15, -0.1) is 0 Å². The van der Waals surface area contributed by atoms with Crippen molar-refractivity contribution < 1.29 is 4.79 Å². The molecule has 3 N–H and O–H groups in total. The SMILES string of the molecule is Cc1ccc([C@H](C)NC(=O)c2cc(N)cc(Cl)c2)cc1. The summed E-state index contributed by atoms with van der Waals surface area (Å²) in [5.74, 6) is -0.188. The molecule has 0 radical (unpaired) electrons. The molecule has 0 spiro atoms. The van der Waals surface area contributed by atoms with Crippen LogP contribution in [-0.2, 0) is 0 Å². The van der Waals surface area contributed by atoms with Gasteiger partial charge in [-0.3, -0.25) is 4.79 Å². The van der Waals surface area contributed by atoms with Gasteiger partial charge in [-0.2, -0.15) is 0 Å². The molecule has 0 fully saturated rings. The molecule has 4 heteroatoms. The van der Waals surface area contributed by atoms with E-state index < -0.39 is 0 Å². The molecule has 2 aromatic rings. The van der Waals surface area contributed by atoms with Crippen LogP contribution in [0.1, 0.15) is 34.5 Å². The molecule has 0 aromatic heterocycles. The summed E-state index contributed by atoms with van der Waals surface area (Å²) in [4.78, 5) is 12.2. The van der Waals surface area contributed by atoms with Crippen LogP contribution < -0.4 is 11.1 Å². The third-order valence-corrected chi connectivity index (χ3v) is 3.33. The molecular formula is C16H17ClN2O. The Hall–Kier alpha value is -2.00. The standard InChI is InChI=1S/C16H17ClN2O/c1-10-3-5-12(6-4-10)11(2)19-16(20)13-7-14(17)9-15(18)8-13/h3-9,11H,18H2,1-2H3,(H,19,20)/t11-/m0/s1. The van der Waals surface area contributed by atoms with Crippen molar-refractivity contribution in [3.05, 3.63) is 64.2 Å². The molecule has 0 unspecified atom stereocenters. The van der Waals surface area contributed by atoms with Crippen LogP contribution in [-0.4, -0.2) is 5.91 Å². The average molecular weight is 289 g/mol. The maximum Gasteiger partial charge on any atom is 0.251 e. The maximum atomic E-state index is 12.2. The van der Waals surface area contributed by atoms with Crippen LogP contribution in [0.25, 0.3) is 0 Å². The fraction of sp³-hybridized carbons (Fsp3) is 0.188. The normalized spacial score (nSPS) is 11.9. The lowest BCUT2D eigenvalue weighted by atomic mass is 10.1. The van der Waals surface area contributed by atoms with Crippen LogP contribution in [0.15, 0.2) is 42.5 Å². The van der Waals surface area contributed by atoms with E-state index in [4.69, 9.17) is 17.3 Å². The van der Waals surface area contributed by atoms with Crippen molar-refractivity contribution in [3.63, 3.8) is 0 Å². The Labute approximate surface area is 123 Å². The van der Waals surface area contributed by atoms with Crippen molar-refractivity contribution >= 4 is 23.2 Å². The van der Waals surface area contributed by atoms with Gasteiger partial charge in [-0.05, 0) is 37.6 Å². The van der Waals surface area contributed by atoms with Crippen molar-refractivity contribution in [2.24, 2.45) is 0 Å². The highest BCUT2D eigenvalue weighted by Gasteiger charge is 2.12. The quantitative estimate of drug-likeness (QED) is 0.846. The first-order valence-electron chi connectivity index (χ1n) is 6.39. The Morgan fingerprint density at radius 3 is 2.45 bits per heavy atom. The predicted molar refractivity (Wildman–Crippen MR) is 82.9 cm³/mol. The van der Waals surface area contributed by atoms with E-state index in [1.54, 1.807) is 18.2 Å². The number of hydrogen-bond donors (Lipinski definition) is 2. The highest BCUT2D eigenvalue weighted by molar-refractivity contribution is 6.31. The zero-order valence-electron chi connectivity index (χ0n) is 11.5. The molecule has 0 saturated carbocycles. The average Bonchev–Trinajstić information content (AvgIpc) is 2.38. The smallest absolute Gasteiger partial charge is 0.251 e. The number of carbonyl (C=O) groups is 1. The number of aryl methyl sites for hydroxylation is 1. The molecule has 1 amide bonds. The first-order chi connectivity index (χ1) is 9.45. The van der Waals surface area contributed by atoms with E-state index >= 15 is 0 Å². The number of nitrogens with two attached hydrogens (primary N) is 1. The Morgan fingerprint density at radius 2 is 1.85 bits per heavy atom.